The molecule has 4 aliphatic carbocycles. The summed E-state index contributed by atoms with van der Waals surface area (Å²) in [6, 6.07) is 2.85. The van der Waals surface area contributed by atoms with Gasteiger partial charge in [-0.2, -0.15) is 0 Å². The number of rotatable bonds is 1. The van der Waals surface area contributed by atoms with Crippen molar-refractivity contribution in [3.8, 4) is 5.75 Å². The van der Waals surface area contributed by atoms with Gasteiger partial charge in [-0.25, -0.2) is 4.90 Å². The lowest BCUT2D eigenvalue weighted by Gasteiger charge is -2.37. The number of amides is 2. The highest BCUT2D eigenvalue weighted by Crippen LogP contribution is 2.65. The van der Waals surface area contributed by atoms with Gasteiger partial charge in [0.25, 0.3) is 0 Å². The highest BCUT2D eigenvalue weighted by Gasteiger charge is 2.67. The largest absolute Gasteiger partial charge is 0.505 e. The summed E-state index contributed by atoms with van der Waals surface area (Å²) >= 11 is 11.9. The van der Waals surface area contributed by atoms with E-state index in [0.29, 0.717) is 17.5 Å². The first-order valence-electron chi connectivity index (χ1n) is 7.73. The van der Waals surface area contributed by atoms with Crippen LogP contribution in [0.2, 0.25) is 10.0 Å². The monoisotopic (exact) mass is 349 g/mol. The van der Waals surface area contributed by atoms with Crippen LogP contribution in [0.25, 0.3) is 0 Å². The molecule has 1 saturated heterocycles. The second kappa shape index (κ2) is 4.31. The number of phenols is 1. The van der Waals surface area contributed by atoms with E-state index >= 15 is 0 Å². The second-order valence-corrected chi connectivity index (χ2v) is 7.74. The molecule has 5 aliphatic rings. The Labute approximate surface area is 142 Å². The third-order valence-electron chi connectivity index (χ3n) is 5.92. The fourth-order valence-electron chi connectivity index (χ4n) is 4.89. The van der Waals surface area contributed by atoms with Crippen molar-refractivity contribution in [3.63, 3.8) is 0 Å². The minimum Gasteiger partial charge on any atom is -0.505 e. The molecule has 6 heteroatoms. The first-order valence-corrected chi connectivity index (χ1v) is 8.49. The molecule has 0 aromatic heterocycles. The molecule has 6 rings (SSSR count). The number of carbonyl (C=O) groups excluding carboxylic acids is 2. The van der Waals surface area contributed by atoms with Crippen molar-refractivity contribution >= 4 is 40.7 Å². The van der Waals surface area contributed by atoms with E-state index in [1.165, 1.54) is 17.0 Å². The number of benzene rings is 1. The number of nitrogens with zero attached hydrogens (tertiary/aromatic N) is 1. The van der Waals surface area contributed by atoms with Gasteiger partial charge >= 0.3 is 0 Å². The van der Waals surface area contributed by atoms with Crippen LogP contribution in [-0.4, -0.2) is 16.9 Å². The number of carbonyl (C=O) groups is 2. The van der Waals surface area contributed by atoms with Gasteiger partial charge in [-0.15, -0.1) is 0 Å². The van der Waals surface area contributed by atoms with Crippen LogP contribution in [0, 0.1) is 35.5 Å². The van der Waals surface area contributed by atoms with Crippen LogP contribution in [0.3, 0.4) is 0 Å². The summed E-state index contributed by atoms with van der Waals surface area (Å²) < 4.78 is 0. The smallest absolute Gasteiger partial charge is 0.238 e. The van der Waals surface area contributed by atoms with Crippen molar-refractivity contribution in [1.82, 2.24) is 0 Å². The van der Waals surface area contributed by atoms with Crippen LogP contribution in [-0.2, 0) is 9.59 Å². The van der Waals surface area contributed by atoms with Gasteiger partial charge in [-0.05, 0) is 42.2 Å². The van der Waals surface area contributed by atoms with Gasteiger partial charge in [0, 0.05) is 0 Å². The molecule has 1 aliphatic heterocycles. The quantitative estimate of drug-likeness (QED) is 0.625. The number of hydrogen-bond donors (Lipinski definition) is 1. The number of halogens is 2. The highest BCUT2D eigenvalue weighted by molar-refractivity contribution is 6.38. The zero-order valence-corrected chi connectivity index (χ0v) is 13.5. The molecule has 23 heavy (non-hydrogen) atoms. The van der Waals surface area contributed by atoms with E-state index in [2.05, 4.69) is 12.2 Å². The van der Waals surface area contributed by atoms with Crippen molar-refractivity contribution in [2.24, 2.45) is 35.5 Å². The molecule has 6 atom stereocenters. The molecule has 1 N–H and O–H groups in total. The third kappa shape index (κ3) is 1.63. The normalized spacial score (nSPS) is 39.7. The van der Waals surface area contributed by atoms with Gasteiger partial charge in [0.15, 0.2) is 5.75 Å². The highest BCUT2D eigenvalue weighted by atomic mass is 35.5. The van der Waals surface area contributed by atoms with Crippen LogP contribution in [0.5, 0.6) is 5.75 Å². The fourth-order valence-corrected chi connectivity index (χ4v) is 5.37. The van der Waals surface area contributed by atoms with Crippen molar-refractivity contribution in [1.29, 1.82) is 0 Å². The van der Waals surface area contributed by atoms with E-state index in [1.807, 2.05) is 0 Å². The summed E-state index contributed by atoms with van der Waals surface area (Å²) in [7, 11) is 0. The summed E-state index contributed by atoms with van der Waals surface area (Å²) in [5, 5.41) is 9.75. The standard InChI is InChI=1S/C17H13Cl2NO3/c18-11-3-6(4-12(19)15(11)21)20-16(22)13-7-1-2-8(10-5-9(7)10)14(13)17(20)23/h1-4,7-10,13-14,21H,5H2/t7-,8+,9+,10-,13-,14+. The maximum absolute atomic E-state index is 12.9. The minimum absolute atomic E-state index is 0.0342. The van der Waals surface area contributed by atoms with Gasteiger partial charge < -0.3 is 5.11 Å². The van der Waals surface area contributed by atoms with E-state index in [1.54, 1.807) is 0 Å². The predicted molar refractivity (Wildman–Crippen MR) is 85.3 cm³/mol. The number of imide groups is 1. The molecule has 2 saturated carbocycles. The zero-order chi connectivity index (χ0) is 16.0. The Bertz CT molecular complexity index is 746. The van der Waals surface area contributed by atoms with Crippen LogP contribution in [0.1, 0.15) is 6.42 Å². The average Bonchev–Trinajstić information content (AvgIpc) is 3.29. The lowest BCUT2D eigenvalue weighted by Crippen LogP contribution is -2.40. The molecule has 2 bridgehead atoms. The molecule has 3 fully saturated rings. The number of anilines is 1. The molecule has 0 radical (unpaired) electrons. The molecular weight excluding hydrogens is 337 g/mol. The first-order chi connectivity index (χ1) is 11.0. The second-order valence-electron chi connectivity index (χ2n) is 6.92. The fraction of sp³-hybridized carbons (Fsp3) is 0.412. The molecule has 1 heterocycles. The summed E-state index contributed by atoms with van der Waals surface area (Å²) in [5.74, 6) is 0.408. The Balaban J connectivity index is 1.59. The number of allylic oxidation sites excluding steroid dienone is 2. The van der Waals surface area contributed by atoms with Crippen LogP contribution in [0.15, 0.2) is 24.3 Å². The summed E-state index contributed by atoms with van der Waals surface area (Å²) in [6.45, 7) is 0. The molecule has 0 unspecified atom stereocenters. The minimum atomic E-state index is -0.257. The topological polar surface area (TPSA) is 57.6 Å². The Hall–Kier alpha value is -1.52. The van der Waals surface area contributed by atoms with E-state index < -0.39 is 0 Å². The molecule has 0 spiro atoms. The third-order valence-corrected chi connectivity index (χ3v) is 6.50. The van der Waals surface area contributed by atoms with Gasteiger partial charge in [-0.1, -0.05) is 35.4 Å². The van der Waals surface area contributed by atoms with Crippen molar-refractivity contribution in [3.05, 3.63) is 34.3 Å². The summed E-state index contributed by atoms with van der Waals surface area (Å²) in [4.78, 5) is 27.1. The van der Waals surface area contributed by atoms with Gasteiger partial charge in [0.05, 0.1) is 27.6 Å². The Morgan fingerprint density at radius 2 is 1.43 bits per heavy atom. The van der Waals surface area contributed by atoms with E-state index in [9.17, 15) is 14.7 Å². The summed E-state index contributed by atoms with van der Waals surface area (Å²) in [5.41, 5.74) is 0.343. The SMILES string of the molecule is O=C1[C@@H]2[C@@H]3C=C[C@@H]([C@H]4C[C@@H]34)[C@@H]2C(=O)N1c1cc(Cl)c(O)c(Cl)c1. The molecular formula is C17H13Cl2NO3. The van der Waals surface area contributed by atoms with E-state index in [-0.39, 0.29) is 51.3 Å². The molecule has 2 amide bonds. The lowest BCUT2D eigenvalue weighted by molar-refractivity contribution is -0.124. The predicted octanol–water partition coefficient (Wildman–Crippen LogP) is 3.26. The summed E-state index contributed by atoms with van der Waals surface area (Å²) in [6.07, 6.45) is 5.39. The molecule has 1 aromatic carbocycles. The Kier molecular flexibility index (Phi) is 2.60. The van der Waals surface area contributed by atoms with Crippen molar-refractivity contribution in [2.75, 3.05) is 4.90 Å². The molecule has 4 nitrogen and oxygen atoms in total. The van der Waals surface area contributed by atoms with Crippen molar-refractivity contribution in [2.45, 2.75) is 6.42 Å². The van der Waals surface area contributed by atoms with E-state index in [0.717, 1.165) is 6.42 Å². The van der Waals surface area contributed by atoms with Gasteiger partial charge in [-0.3, -0.25) is 9.59 Å². The Morgan fingerprint density at radius 3 is 1.91 bits per heavy atom. The number of phenolic OH excluding ortho intramolecular Hbond substituents is 1. The zero-order valence-electron chi connectivity index (χ0n) is 11.9. The van der Waals surface area contributed by atoms with Crippen LogP contribution >= 0.6 is 23.2 Å². The maximum atomic E-state index is 12.9. The first kappa shape index (κ1) is 13.9. The van der Waals surface area contributed by atoms with Gasteiger partial charge in [0.2, 0.25) is 11.8 Å². The Morgan fingerprint density at radius 1 is 0.957 bits per heavy atom. The van der Waals surface area contributed by atoms with Gasteiger partial charge in [0.1, 0.15) is 0 Å². The lowest BCUT2D eigenvalue weighted by atomic mass is 9.63. The molecule has 118 valence electrons. The van der Waals surface area contributed by atoms with Crippen LogP contribution in [0.4, 0.5) is 5.69 Å². The van der Waals surface area contributed by atoms with Crippen LogP contribution < -0.4 is 4.90 Å². The van der Waals surface area contributed by atoms with Crippen molar-refractivity contribution < 1.29 is 14.7 Å². The number of aromatic hydroxyl groups is 1. The molecule has 1 aromatic rings. The van der Waals surface area contributed by atoms with E-state index in [4.69, 9.17) is 23.2 Å². The maximum Gasteiger partial charge on any atom is 0.238 e. The average molecular weight is 350 g/mol. The number of hydrogen-bond acceptors (Lipinski definition) is 3.